The van der Waals surface area contributed by atoms with Crippen molar-refractivity contribution in [3.8, 4) is 11.8 Å². The van der Waals surface area contributed by atoms with Crippen LogP contribution in [0.5, 0.6) is 0 Å². The molecule has 0 spiro atoms. The second kappa shape index (κ2) is 7.22. The molecule has 2 aromatic carbocycles. The van der Waals surface area contributed by atoms with Gasteiger partial charge in [0.1, 0.15) is 5.82 Å². The highest BCUT2D eigenvalue weighted by Crippen LogP contribution is 2.12. The minimum Gasteiger partial charge on any atom is -0.387 e. The average Bonchev–Trinajstić information content (AvgIpc) is 2.51. The molecule has 0 aliphatic heterocycles. The largest absolute Gasteiger partial charge is 0.387 e. The Balaban J connectivity index is 1.88. The Morgan fingerprint density at radius 3 is 2.67 bits per heavy atom. The van der Waals surface area contributed by atoms with Crippen molar-refractivity contribution in [3.05, 3.63) is 71.5 Å². The lowest BCUT2D eigenvalue weighted by Gasteiger charge is -2.10. The highest BCUT2D eigenvalue weighted by molar-refractivity contribution is 5.94. The summed E-state index contributed by atoms with van der Waals surface area (Å²) in [5.41, 5.74) is 1.14. The fourth-order valence-electron chi connectivity index (χ4n) is 1.72. The van der Waals surface area contributed by atoms with E-state index in [2.05, 4.69) is 17.2 Å². The third-order valence-electron chi connectivity index (χ3n) is 2.78. The molecule has 0 bridgehead atoms. The Labute approximate surface area is 122 Å². The molecule has 0 saturated heterocycles. The Hall–Kier alpha value is -2.64. The molecule has 2 aromatic rings. The molecule has 0 fully saturated rings. The molecule has 0 aliphatic rings. The first-order valence-electron chi connectivity index (χ1n) is 6.43. The van der Waals surface area contributed by atoms with Crippen LogP contribution in [0.4, 0.5) is 4.39 Å². The Morgan fingerprint density at radius 2 is 1.95 bits per heavy atom. The van der Waals surface area contributed by atoms with Crippen molar-refractivity contribution in [3.63, 3.8) is 0 Å². The predicted molar refractivity (Wildman–Crippen MR) is 77.7 cm³/mol. The second-order valence-corrected chi connectivity index (χ2v) is 4.40. The molecule has 106 valence electrons. The molecule has 2 N–H and O–H groups in total. The molecule has 1 amide bonds. The Bertz CT molecular complexity index is 674. The fourth-order valence-corrected chi connectivity index (χ4v) is 1.72. The maximum atomic E-state index is 13.0. The summed E-state index contributed by atoms with van der Waals surface area (Å²) < 4.78 is 13.0. The van der Waals surface area contributed by atoms with Crippen molar-refractivity contribution in [2.24, 2.45) is 0 Å². The van der Waals surface area contributed by atoms with Crippen molar-refractivity contribution in [2.75, 3.05) is 6.54 Å². The third-order valence-corrected chi connectivity index (χ3v) is 2.78. The third kappa shape index (κ3) is 4.75. The van der Waals surface area contributed by atoms with Gasteiger partial charge in [0.2, 0.25) is 0 Å². The summed E-state index contributed by atoms with van der Waals surface area (Å²) >= 11 is 0. The number of carbonyl (C=O) groups excluding carboxylic acids is 1. The molecule has 0 unspecified atom stereocenters. The second-order valence-electron chi connectivity index (χ2n) is 4.40. The number of rotatable bonds is 3. The van der Waals surface area contributed by atoms with E-state index >= 15 is 0 Å². The van der Waals surface area contributed by atoms with Crippen molar-refractivity contribution in [2.45, 2.75) is 6.10 Å². The topological polar surface area (TPSA) is 49.3 Å². The molecular formula is C17H14FNO2. The summed E-state index contributed by atoms with van der Waals surface area (Å²) in [5, 5.41) is 12.3. The number of hydrogen-bond acceptors (Lipinski definition) is 2. The average molecular weight is 283 g/mol. The summed E-state index contributed by atoms with van der Waals surface area (Å²) in [7, 11) is 0. The summed E-state index contributed by atoms with van der Waals surface area (Å²) in [6.45, 7) is -0.0221. The van der Waals surface area contributed by atoms with Crippen LogP contribution in [0.2, 0.25) is 0 Å². The number of hydrogen-bond donors (Lipinski definition) is 2. The van der Waals surface area contributed by atoms with Crippen molar-refractivity contribution in [1.29, 1.82) is 0 Å². The first kappa shape index (κ1) is 14.8. The van der Waals surface area contributed by atoms with Gasteiger partial charge in [-0.25, -0.2) is 4.39 Å². The standard InChI is InChI=1S/C17H14FNO2/c18-15-8-4-7-14(11-15)16(20)12-19-17(21)10-9-13-5-2-1-3-6-13/h1-8,11,16,20H,12H2,(H,19,21)/t16-/m0/s1. The Morgan fingerprint density at radius 1 is 1.19 bits per heavy atom. The van der Waals surface area contributed by atoms with E-state index in [0.717, 1.165) is 5.56 Å². The minimum absolute atomic E-state index is 0.0221. The van der Waals surface area contributed by atoms with E-state index < -0.39 is 17.8 Å². The number of aliphatic hydroxyl groups is 1. The maximum Gasteiger partial charge on any atom is 0.296 e. The van der Waals surface area contributed by atoms with Crippen molar-refractivity contribution in [1.82, 2.24) is 5.32 Å². The molecule has 0 radical (unpaired) electrons. The lowest BCUT2D eigenvalue weighted by Crippen LogP contribution is -2.27. The molecular weight excluding hydrogens is 269 g/mol. The van der Waals surface area contributed by atoms with Crippen molar-refractivity contribution < 1.29 is 14.3 Å². The summed E-state index contributed by atoms with van der Waals surface area (Å²) in [4.78, 5) is 11.5. The van der Waals surface area contributed by atoms with Crippen molar-refractivity contribution >= 4 is 5.91 Å². The first-order valence-corrected chi connectivity index (χ1v) is 6.43. The molecule has 0 heterocycles. The van der Waals surface area contributed by atoms with Crippen LogP contribution in [0.15, 0.2) is 54.6 Å². The summed E-state index contributed by atoms with van der Waals surface area (Å²) in [6.07, 6.45) is -0.969. The van der Waals surface area contributed by atoms with Gasteiger partial charge in [0, 0.05) is 18.0 Å². The van der Waals surface area contributed by atoms with E-state index in [4.69, 9.17) is 0 Å². The van der Waals surface area contributed by atoms with Crippen LogP contribution < -0.4 is 5.32 Å². The lowest BCUT2D eigenvalue weighted by molar-refractivity contribution is -0.116. The van der Waals surface area contributed by atoms with Gasteiger partial charge in [-0.1, -0.05) is 36.3 Å². The lowest BCUT2D eigenvalue weighted by atomic mass is 10.1. The molecule has 4 heteroatoms. The van der Waals surface area contributed by atoms with Gasteiger partial charge in [-0.05, 0) is 29.8 Å². The highest BCUT2D eigenvalue weighted by atomic mass is 19.1. The van der Waals surface area contributed by atoms with E-state index in [-0.39, 0.29) is 6.54 Å². The van der Waals surface area contributed by atoms with Gasteiger partial charge in [0.05, 0.1) is 6.10 Å². The molecule has 2 rings (SSSR count). The molecule has 1 atom stereocenters. The normalized spacial score (nSPS) is 11.1. The summed E-state index contributed by atoms with van der Waals surface area (Å²) in [6, 6.07) is 14.7. The van der Waals surface area contributed by atoms with Gasteiger partial charge in [0.15, 0.2) is 0 Å². The first-order chi connectivity index (χ1) is 10.1. The number of halogens is 1. The molecule has 0 saturated carbocycles. The van der Waals surface area contributed by atoms with E-state index in [0.29, 0.717) is 5.56 Å². The molecule has 0 aliphatic carbocycles. The number of nitrogens with one attached hydrogen (secondary N) is 1. The van der Waals surface area contributed by atoms with Gasteiger partial charge in [-0.3, -0.25) is 4.79 Å². The number of amides is 1. The van der Waals surface area contributed by atoms with Crippen LogP contribution in [0.1, 0.15) is 17.2 Å². The highest BCUT2D eigenvalue weighted by Gasteiger charge is 2.09. The van der Waals surface area contributed by atoms with Crippen LogP contribution >= 0.6 is 0 Å². The van der Waals surface area contributed by atoms with Crippen LogP contribution in [0, 0.1) is 17.7 Å². The Kier molecular flexibility index (Phi) is 5.08. The number of carbonyl (C=O) groups is 1. The maximum absolute atomic E-state index is 13.0. The van der Waals surface area contributed by atoms with Crippen LogP contribution in [-0.2, 0) is 4.79 Å². The number of aliphatic hydroxyl groups excluding tert-OH is 1. The van der Waals surface area contributed by atoms with Gasteiger partial charge in [-0.2, -0.15) is 0 Å². The number of benzene rings is 2. The minimum atomic E-state index is -0.969. The fraction of sp³-hybridized carbons (Fsp3) is 0.118. The van der Waals surface area contributed by atoms with Crippen LogP contribution in [-0.4, -0.2) is 17.6 Å². The zero-order valence-corrected chi connectivity index (χ0v) is 11.2. The molecule has 21 heavy (non-hydrogen) atoms. The van der Waals surface area contributed by atoms with Gasteiger partial charge >= 0.3 is 0 Å². The van der Waals surface area contributed by atoms with Gasteiger partial charge in [-0.15, -0.1) is 0 Å². The van der Waals surface area contributed by atoms with Gasteiger partial charge < -0.3 is 10.4 Å². The smallest absolute Gasteiger partial charge is 0.296 e. The van der Waals surface area contributed by atoms with E-state index in [9.17, 15) is 14.3 Å². The molecule has 3 nitrogen and oxygen atoms in total. The summed E-state index contributed by atoms with van der Waals surface area (Å²) in [5.74, 6) is 4.22. The SMILES string of the molecule is O=C(C#Cc1ccccc1)NC[C@H](O)c1cccc(F)c1. The van der Waals surface area contributed by atoms with E-state index in [1.54, 1.807) is 18.2 Å². The van der Waals surface area contributed by atoms with Gasteiger partial charge in [0.25, 0.3) is 5.91 Å². The monoisotopic (exact) mass is 283 g/mol. The predicted octanol–water partition coefficient (Wildman–Crippen LogP) is 2.03. The van der Waals surface area contributed by atoms with Crippen LogP contribution in [0.25, 0.3) is 0 Å². The zero-order chi connectivity index (χ0) is 15.1. The zero-order valence-electron chi connectivity index (χ0n) is 11.2. The van der Waals surface area contributed by atoms with Crippen LogP contribution in [0.3, 0.4) is 0 Å². The quantitative estimate of drug-likeness (QED) is 0.847. The molecule has 0 aromatic heterocycles. The van der Waals surface area contributed by atoms with E-state index in [1.165, 1.54) is 18.2 Å². The van der Waals surface area contributed by atoms with E-state index in [1.807, 2.05) is 18.2 Å².